The Balaban J connectivity index is 1.36. The van der Waals surface area contributed by atoms with Gasteiger partial charge in [0, 0.05) is 11.3 Å². The Bertz CT molecular complexity index is 1200. The normalized spacial score (nSPS) is 14.6. The van der Waals surface area contributed by atoms with E-state index >= 15 is 0 Å². The molecule has 10 heteroatoms. The summed E-state index contributed by atoms with van der Waals surface area (Å²) in [5, 5.41) is 13.5. The van der Waals surface area contributed by atoms with Crippen LogP contribution in [-0.2, 0) is 12.3 Å². The first kappa shape index (κ1) is 21.7. The van der Waals surface area contributed by atoms with Crippen LogP contribution in [0.4, 0.5) is 8.78 Å². The third-order valence-corrected chi connectivity index (χ3v) is 6.41. The van der Waals surface area contributed by atoms with E-state index in [1.54, 1.807) is 24.3 Å². The lowest BCUT2D eigenvalue weighted by Crippen LogP contribution is -2.30. The molecular formula is C23H22F2N6OS. The Labute approximate surface area is 193 Å². The first-order valence-electron chi connectivity index (χ1n) is 10.8. The molecule has 7 nitrogen and oxygen atoms in total. The molecule has 0 N–H and O–H groups in total. The summed E-state index contributed by atoms with van der Waals surface area (Å²) < 4.78 is 34.0. The maximum atomic E-state index is 13.5. The summed E-state index contributed by atoms with van der Waals surface area (Å²) >= 11 is 1.43. The van der Waals surface area contributed by atoms with Gasteiger partial charge in [0.15, 0.2) is 16.8 Å². The number of halogens is 2. The first-order valence-corrected chi connectivity index (χ1v) is 11.8. The van der Waals surface area contributed by atoms with Crippen molar-refractivity contribution in [2.24, 2.45) is 0 Å². The van der Waals surface area contributed by atoms with Crippen LogP contribution in [-0.4, -0.2) is 42.9 Å². The standard InChI is InChI=1S/C23H22F2N6OS/c24-17-6-4-16(5-7-17)22-26-20(29-32-22)15-33-23-28-27-21(14-30-12-2-1-3-13-30)31(23)19-10-8-18(25)9-11-19/h4-11H,1-3,12-15H2. The van der Waals surface area contributed by atoms with Crippen molar-refractivity contribution in [2.45, 2.75) is 36.7 Å². The maximum Gasteiger partial charge on any atom is 0.257 e. The predicted molar refractivity (Wildman–Crippen MR) is 120 cm³/mol. The van der Waals surface area contributed by atoms with E-state index in [0.717, 1.165) is 24.6 Å². The third-order valence-electron chi connectivity index (χ3n) is 5.49. The monoisotopic (exact) mass is 468 g/mol. The molecule has 33 heavy (non-hydrogen) atoms. The quantitative estimate of drug-likeness (QED) is 0.358. The van der Waals surface area contributed by atoms with E-state index < -0.39 is 0 Å². The minimum absolute atomic E-state index is 0.293. The fourth-order valence-electron chi connectivity index (χ4n) is 3.81. The number of aromatic nitrogens is 5. The van der Waals surface area contributed by atoms with Crippen molar-refractivity contribution in [3.8, 4) is 17.1 Å². The van der Waals surface area contributed by atoms with E-state index in [1.807, 2.05) is 4.57 Å². The minimum atomic E-state index is -0.325. The minimum Gasteiger partial charge on any atom is -0.334 e. The van der Waals surface area contributed by atoms with Crippen molar-refractivity contribution in [2.75, 3.05) is 13.1 Å². The molecule has 0 atom stereocenters. The van der Waals surface area contributed by atoms with Crippen molar-refractivity contribution in [3.05, 3.63) is 71.8 Å². The van der Waals surface area contributed by atoms with Gasteiger partial charge in [-0.1, -0.05) is 23.3 Å². The zero-order chi connectivity index (χ0) is 22.6. The molecule has 0 spiro atoms. The number of hydrogen-bond acceptors (Lipinski definition) is 7. The molecule has 2 aromatic heterocycles. The van der Waals surface area contributed by atoms with Crippen molar-refractivity contribution in [3.63, 3.8) is 0 Å². The molecule has 1 fully saturated rings. The molecule has 0 aliphatic carbocycles. The van der Waals surface area contributed by atoms with Gasteiger partial charge in [-0.3, -0.25) is 9.47 Å². The summed E-state index contributed by atoms with van der Waals surface area (Å²) in [6.07, 6.45) is 3.62. The highest BCUT2D eigenvalue weighted by Gasteiger charge is 2.20. The lowest BCUT2D eigenvalue weighted by molar-refractivity contribution is 0.214. The van der Waals surface area contributed by atoms with Crippen molar-refractivity contribution < 1.29 is 13.3 Å². The molecule has 0 radical (unpaired) electrons. The van der Waals surface area contributed by atoms with Crippen molar-refractivity contribution in [1.82, 2.24) is 29.8 Å². The summed E-state index contributed by atoms with van der Waals surface area (Å²) in [4.78, 5) is 6.77. The summed E-state index contributed by atoms with van der Waals surface area (Å²) in [5.74, 6) is 1.43. The van der Waals surface area contributed by atoms with Crippen LogP contribution in [0.15, 0.2) is 58.2 Å². The van der Waals surface area contributed by atoms with Gasteiger partial charge in [-0.05, 0) is 74.5 Å². The van der Waals surface area contributed by atoms with Crippen LogP contribution in [0.3, 0.4) is 0 Å². The lowest BCUT2D eigenvalue weighted by Gasteiger charge is -2.26. The average Bonchev–Trinajstić information content (AvgIpc) is 3.47. The topological polar surface area (TPSA) is 72.9 Å². The van der Waals surface area contributed by atoms with Gasteiger partial charge in [-0.15, -0.1) is 10.2 Å². The third kappa shape index (κ3) is 5.12. The van der Waals surface area contributed by atoms with E-state index in [-0.39, 0.29) is 11.6 Å². The molecule has 0 unspecified atom stereocenters. The van der Waals surface area contributed by atoms with Gasteiger partial charge in [-0.25, -0.2) is 8.78 Å². The van der Waals surface area contributed by atoms with E-state index in [2.05, 4.69) is 25.2 Å². The molecule has 3 heterocycles. The van der Waals surface area contributed by atoms with Crippen LogP contribution in [0.2, 0.25) is 0 Å². The van der Waals surface area contributed by atoms with Crippen LogP contribution in [0.1, 0.15) is 30.9 Å². The number of hydrogen-bond donors (Lipinski definition) is 0. The Morgan fingerprint density at radius 3 is 2.30 bits per heavy atom. The molecule has 1 aliphatic rings. The molecular weight excluding hydrogens is 446 g/mol. The number of rotatable bonds is 7. The van der Waals surface area contributed by atoms with Crippen LogP contribution in [0, 0.1) is 11.6 Å². The Hall–Kier alpha value is -3.11. The molecule has 4 aromatic rings. The van der Waals surface area contributed by atoms with Crippen LogP contribution < -0.4 is 0 Å². The number of benzene rings is 2. The predicted octanol–water partition coefficient (Wildman–Crippen LogP) is 4.87. The van der Waals surface area contributed by atoms with Crippen LogP contribution in [0.25, 0.3) is 17.1 Å². The maximum absolute atomic E-state index is 13.5. The Kier molecular flexibility index (Phi) is 6.45. The summed E-state index contributed by atoms with van der Waals surface area (Å²) in [6.45, 7) is 2.75. The second-order valence-electron chi connectivity index (χ2n) is 7.86. The zero-order valence-electron chi connectivity index (χ0n) is 17.8. The van der Waals surface area contributed by atoms with Crippen LogP contribution >= 0.6 is 11.8 Å². The molecule has 0 saturated carbocycles. The van der Waals surface area contributed by atoms with Gasteiger partial charge in [0.05, 0.1) is 12.3 Å². The molecule has 5 rings (SSSR count). The van der Waals surface area contributed by atoms with Gasteiger partial charge in [0.2, 0.25) is 0 Å². The average molecular weight is 469 g/mol. The van der Waals surface area contributed by atoms with Gasteiger partial charge >= 0.3 is 0 Å². The zero-order valence-corrected chi connectivity index (χ0v) is 18.6. The summed E-state index contributed by atoms with van der Waals surface area (Å²) in [6, 6.07) is 12.2. The molecule has 170 valence electrons. The van der Waals surface area contributed by atoms with Gasteiger partial charge < -0.3 is 4.52 Å². The van der Waals surface area contributed by atoms with Gasteiger partial charge in [0.1, 0.15) is 11.6 Å². The molecule has 1 saturated heterocycles. The van der Waals surface area contributed by atoms with E-state index in [9.17, 15) is 8.78 Å². The van der Waals surface area contributed by atoms with E-state index in [1.165, 1.54) is 55.3 Å². The second kappa shape index (κ2) is 9.80. The number of piperidine rings is 1. The van der Waals surface area contributed by atoms with E-state index in [4.69, 9.17) is 4.52 Å². The number of nitrogens with zero attached hydrogens (tertiary/aromatic N) is 6. The highest BCUT2D eigenvalue weighted by Crippen LogP contribution is 2.27. The van der Waals surface area contributed by atoms with Crippen molar-refractivity contribution >= 4 is 11.8 Å². The summed E-state index contributed by atoms with van der Waals surface area (Å²) in [5.41, 5.74) is 1.45. The highest BCUT2D eigenvalue weighted by atomic mass is 32.2. The van der Waals surface area contributed by atoms with Crippen molar-refractivity contribution in [1.29, 1.82) is 0 Å². The number of thioether (sulfide) groups is 1. The van der Waals surface area contributed by atoms with Gasteiger partial charge in [0.25, 0.3) is 5.89 Å². The van der Waals surface area contributed by atoms with Crippen LogP contribution in [0.5, 0.6) is 0 Å². The lowest BCUT2D eigenvalue weighted by atomic mass is 10.1. The molecule has 1 aliphatic heterocycles. The fourth-order valence-corrected chi connectivity index (χ4v) is 4.63. The number of likely N-dealkylation sites (tertiary alicyclic amines) is 1. The molecule has 0 bridgehead atoms. The van der Waals surface area contributed by atoms with Gasteiger partial charge in [-0.2, -0.15) is 4.98 Å². The van der Waals surface area contributed by atoms with E-state index in [0.29, 0.717) is 34.7 Å². The largest absolute Gasteiger partial charge is 0.334 e. The summed E-state index contributed by atoms with van der Waals surface area (Å²) in [7, 11) is 0. The first-order chi connectivity index (χ1) is 16.2. The molecule has 2 aromatic carbocycles. The Morgan fingerprint density at radius 2 is 1.58 bits per heavy atom. The smallest absolute Gasteiger partial charge is 0.257 e. The Morgan fingerprint density at radius 1 is 0.879 bits per heavy atom. The molecule has 0 amide bonds. The fraction of sp³-hybridized carbons (Fsp3) is 0.304. The SMILES string of the molecule is Fc1ccc(-c2nc(CSc3nnc(CN4CCCCC4)n3-c3ccc(F)cc3)no2)cc1. The highest BCUT2D eigenvalue weighted by molar-refractivity contribution is 7.98. The second-order valence-corrected chi connectivity index (χ2v) is 8.80.